The summed E-state index contributed by atoms with van der Waals surface area (Å²) in [7, 11) is 6.00. The monoisotopic (exact) mass is 1380 g/mol. The first kappa shape index (κ1) is 78.1. The fourth-order valence-electron chi connectivity index (χ4n) is 12.5. The molecule has 2 aromatic carbocycles. The molecule has 3 unspecified atom stereocenters. The number of ether oxygens (including phenoxy) is 5. The van der Waals surface area contributed by atoms with Gasteiger partial charge in [0.1, 0.15) is 47.8 Å². The molecule has 1 aromatic heterocycles. The Balaban J connectivity index is 1.09. The average Bonchev–Trinajstić information content (AvgIpc) is 1.53. The van der Waals surface area contributed by atoms with Crippen molar-refractivity contribution in [2.45, 2.75) is 192 Å². The van der Waals surface area contributed by atoms with Gasteiger partial charge in [-0.25, -0.2) is 14.6 Å². The molecule has 0 radical (unpaired) electrons. The van der Waals surface area contributed by atoms with E-state index in [0.29, 0.717) is 51.5 Å². The number of hydrogen-bond acceptors (Lipinski definition) is 20. The second kappa shape index (κ2) is 37.1. The van der Waals surface area contributed by atoms with Gasteiger partial charge in [0.15, 0.2) is 6.10 Å². The topological polar surface area (TPSA) is 372 Å². The minimum Gasteiger partial charge on any atom is -0.479 e. The Kier molecular flexibility index (Phi) is 29.9. The molecule has 0 aliphatic carbocycles. The lowest BCUT2D eigenvalue weighted by molar-refractivity contribution is -0.271. The minimum atomic E-state index is -2.03. The van der Waals surface area contributed by atoms with Crippen molar-refractivity contribution in [1.82, 2.24) is 40.5 Å². The number of likely N-dealkylation sites (N-methyl/N-ethyl adjacent to an activating group) is 2. The molecule has 3 aliphatic rings. The number of nitrogens with one attached hydrogen (secondary N) is 4. The van der Waals surface area contributed by atoms with Crippen molar-refractivity contribution in [1.29, 1.82) is 0 Å². The molecule has 3 aromatic rings. The third-order valence-corrected chi connectivity index (χ3v) is 18.9. The predicted octanol–water partition coefficient (Wildman–Crippen LogP) is 4.10. The highest BCUT2D eigenvalue weighted by molar-refractivity contribution is 7.09. The van der Waals surface area contributed by atoms with Crippen molar-refractivity contribution in [2.75, 3.05) is 53.3 Å². The molecule has 0 spiro atoms. The lowest BCUT2D eigenvalue weighted by Gasteiger charge is -2.41. The van der Waals surface area contributed by atoms with Crippen molar-refractivity contribution in [3.63, 3.8) is 0 Å². The number of anilines is 1. The number of carboxylic acids is 1. The van der Waals surface area contributed by atoms with Gasteiger partial charge in [-0.1, -0.05) is 97.7 Å². The molecule has 3 aliphatic heterocycles. The molecular weight excluding hydrogens is 1280 g/mol. The highest BCUT2D eigenvalue weighted by atomic mass is 32.1. The van der Waals surface area contributed by atoms with Crippen molar-refractivity contribution in [3.05, 3.63) is 88.4 Å². The van der Waals surface area contributed by atoms with Gasteiger partial charge in [0.05, 0.1) is 48.4 Å². The number of benzene rings is 2. The number of hydrogen-bond donors (Lipinski definition) is 8. The summed E-state index contributed by atoms with van der Waals surface area (Å²) in [6.07, 6.45) is -4.65. The summed E-state index contributed by atoms with van der Waals surface area (Å²) in [5.74, 6) is -7.19. The summed E-state index contributed by atoms with van der Waals surface area (Å²) in [6.45, 7) is 12.7. The zero-order valence-corrected chi connectivity index (χ0v) is 57.9. The standard InChI is InChI=1S/C68H97N9O19S/c1-12-40(6)56(48(92-10)36-53(82)76-32-19-22-46(76)60(93-11)41(7)62(86)72-45(64-70-30-33-97-64)34-42-20-15-13-16-21-42)74(8)65(88)54(38(2)3)73-63(87)55(39(4)5)75(9)68(91)94-37-43-24-25-47(95-67-59(85)57(83)58(84)61(96-67)66(89)90)44(35-43)71-50(79)28-29-69-49(78)23-17-14-18-31-77-51(80)26-27-52(77)81/h13,15-16,20-21,24-27,30,33,35,38-41,45-46,48,54-61,67,83-85H,12,14,17-19,22-23,28-29,31-32,34,36-37H2,1-11H3,(H,69,78)(H,71,79)(H,72,86)(H,73,87)(H,89,90)/t40-,41+,45-,46-,48+,54-,55-,56-,57?,58-,59?,60+,61?,67+/m0/s1. The smallest absolute Gasteiger partial charge is 0.410 e. The summed E-state index contributed by atoms with van der Waals surface area (Å²) in [5.41, 5.74) is 1.17. The number of carbonyl (C=O) groups is 10. The van der Waals surface area contributed by atoms with E-state index in [1.807, 2.05) is 49.6 Å². The van der Waals surface area contributed by atoms with Crippen LogP contribution in [0.4, 0.5) is 10.5 Å². The lowest BCUT2D eigenvalue weighted by atomic mass is 9.89. The van der Waals surface area contributed by atoms with Gasteiger partial charge in [-0.2, -0.15) is 0 Å². The number of aliphatic hydroxyl groups is 3. The predicted molar refractivity (Wildman–Crippen MR) is 355 cm³/mol. The summed E-state index contributed by atoms with van der Waals surface area (Å²) < 4.78 is 29.0. The summed E-state index contributed by atoms with van der Waals surface area (Å²) in [5, 5.41) is 55.2. The molecule has 97 heavy (non-hydrogen) atoms. The van der Waals surface area contributed by atoms with Gasteiger partial charge in [0.2, 0.25) is 41.7 Å². The van der Waals surface area contributed by atoms with Crippen LogP contribution in [0.25, 0.3) is 0 Å². The van der Waals surface area contributed by atoms with E-state index in [1.54, 1.807) is 52.8 Å². The molecule has 28 nitrogen and oxygen atoms in total. The second-order valence-electron chi connectivity index (χ2n) is 25.6. The molecule has 2 saturated heterocycles. The number of amides is 9. The van der Waals surface area contributed by atoms with E-state index in [2.05, 4.69) is 26.3 Å². The van der Waals surface area contributed by atoms with Crippen LogP contribution in [-0.4, -0.2) is 219 Å². The maximum Gasteiger partial charge on any atom is 0.410 e. The molecule has 2 fully saturated rings. The van der Waals surface area contributed by atoms with Crippen molar-refractivity contribution in [2.24, 2.45) is 23.7 Å². The molecule has 8 N–H and O–H groups in total. The van der Waals surface area contributed by atoms with Gasteiger partial charge in [-0.05, 0) is 73.1 Å². The Bertz CT molecular complexity index is 3180. The van der Waals surface area contributed by atoms with E-state index in [0.717, 1.165) is 20.4 Å². The van der Waals surface area contributed by atoms with Crippen LogP contribution in [0.1, 0.15) is 128 Å². The molecule has 14 atom stereocenters. The number of aliphatic carboxylic acids is 1. The van der Waals surface area contributed by atoms with Gasteiger partial charge in [-0.15, -0.1) is 11.3 Å². The normalized spacial score (nSPS) is 21.0. The number of carboxylic acid groups (broad SMARTS) is 1. The Morgan fingerprint density at radius 1 is 0.804 bits per heavy atom. The Morgan fingerprint density at radius 3 is 2.12 bits per heavy atom. The van der Waals surface area contributed by atoms with E-state index in [-0.39, 0.29) is 79.0 Å². The molecule has 0 saturated carbocycles. The first-order valence-electron chi connectivity index (χ1n) is 33.0. The first-order valence-corrected chi connectivity index (χ1v) is 33.9. The van der Waals surface area contributed by atoms with Crippen LogP contribution in [0.3, 0.4) is 0 Å². The molecule has 0 bridgehead atoms. The number of imide groups is 1. The Labute approximate surface area is 570 Å². The number of unbranched alkanes of at least 4 members (excludes halogenated alkanes) is 2. The van der Waals surface area contributed by atoms with Gasteiger partial charge < -0.3 is 75.2 Å². The highest BCUT2D eigenvalue weighted by Gasteiger charge is 2.49. The largest absolute Gasteiger partial charge is 0.479 e. The summed E-state index contributed by atoms with van der Waals surface area (Å²) in [4.78, 5) is 144. The summed E-state index contributed by atoms with van der Waals surface area (Å²) >= 11 is 1.46. The molecule has 6 rings (SSSR count). The van der Waals surface area contributed by atoms with E-state index >= 15 is 0 Å². The van der Waals surface area contributed by atoms with E-state index in [4.69, 9.17) is 23.7 Å². The maximum atomic E-state index is 14.9. The number of aliphatic hydroxyl groups excluding tert-OH is 3. The number of carbonyl (C=O) groups excluding carboxylic acids is 9. The van der Waals surface area contributed by atoms with Crippen LogP contribution in [0.2, 0.25) is 0 Å². The van der Waals surface area contributed by atoms with Crippen LogP contribution < -0.4 is 26.0 Å². The van der Waals surface area contributed by atoms with E-state index < -0.39 is 133 Å². The number of rotatable bonds is 36. The molecule has 4 heterocycles. The van der Waals surface area contributed by atoms with E-state index in [9.17, 15) is 68.4 Å². The SMILES string of the molecule is CC[C@H](C)[C@@H]([C@@H](CC(=O)N1CCC[C@H]1[C@H](OC)[C@@H](C)C(=O)N[C@@H](Cc1ccccc1)c1nccs1)OC)N(C)C(=O)[C@@H](NC(=O)[C@H](C(C)C)N(C)C(=O)OCc1ccc(O[C@@H]2OC(C(=O)O)[C@@H](O)C(O)C2O)c(NC(=O)CCNC(=O)CCCCCN2C(=O)C=CC2=O)c1)C(C)C. The summed E-state index contributed by atoms with van der Waals surface area (Å²) in [6, 6.07) is 10.0. The number of methoxy groups -OCH3 is 2. The second-order valence-corrected chi connectivity index (χ2v) is 26.5. The van der Waals surface area contributed by atoms with Gasteiger partial charge in [0, 0.05) is 84.5 Å². The van der Waals surface area contributed by atoms with Crippen LogP contribution in [-0.2, 0) is 75.1 Å². The van der Waals surface area contributed by atoms with Crippen molar-refractivity contribution in [3.8, 4) is 5.75 Å². The Hall–Kier alpha value is -7.93. The maximum absolute atomic E-state index is 14.9. The number of thiazole rings is 1. The number of likely N-dealkylation sites (tertiary alicyclic amines) is 1. The van der Waals surface area contributed by atoms with Gasteiger partial charge in [0.25, 0.3) is 11.8 Å². The van der Waals surface area contributed by atoms with Crippen LogP contribution in [0, 0.1) is 23.7 Å². The van der Waals surface area contributed by atoms with Crippen LogP contribution in [0.15, 0.2) is 72.3 Å². The highest BCUT2D eigenvalue weighted by Crippen LogP contribution is 2.34. The third-order valence-electron chi connectivity index (χ3n) is 18.0. The molecule has 29 heteroatoms. The average molecular weight is 1380 g/mol. The Morgan fingerprint density at radius 2 is 1.51 bits per heavy atom. The zero-order chi connectivity index (χ0) is 71.4. The quantitative estimate of drug-likeness (QED) is 0.0300. The zero-order valence-electron chi connectivity index (χ0n) is 57.1. The van der Waals surface area contributed by atoms with Crippen LogP contribution >= 0.6 is 11.3 Å². The molecular formula is C68H97N9O19S. The lowest BCUT2D eigenvalue weighted by Crippen LogP contribution is -2.61. The number of aromatic nitrogens is 1. The van der Waals surface area contributed by atoms with Gasteiger partial charge in [-0.3, -0.25) is 48.2 Å². The fourth-order valence-corrected chi connectivity index (χ4v) is 13.2. The van der Waals surface area contributed by atoms with E-state index in [1.165, 1.54) is 67.9 Å². The molecule has 534 valence electrons. The third kappa shape index (κ3) is 21.0. The van der Waals surface area contributed by atoms with Crippen molar-refractivity contribution >= 4 is 76.3 Å². The van der Waals surface area contributed by atoms with Crippen LogP contribution in [0.5, 0.6) is 5.75 Å². The van der Waals surface area contributed by atoms with Crippen molar-refractivity contribution < 1.29 is 92.1 Å². The van der Waals surface area contributed by atoms with Gasteiger partial charge >= 0.3 is 12.1 Å². The fraction of sp³-hybridized carbons (Fsp3) is 0.603. The minimum absolute atomic E-state index is 0.104. The first-order chi connectivity index (χ1) is 46.1. The molecule has 9 amide bonds. The number of nitrogens with zero attached hydrogens (tertiary/aromatic N) is 5.